The first-order chi connectivity index (χ1) is 13.6. The first-order valence-electron chi connectivity index (χ1n) is 8.76. The summed E-state index contributed by atoms with van der Waals surface area (Å²) in [6, 6.07) is 16.6. The fourth-order valence-corrected chi connectivity index (χ4v) is 2.63. The van der Waals surface area contributed by atoms with Crippen molar-refractivity contribution >= 4 is 17.5 Å². The lowest BCUT2D eigenvalue weighted by Crippen LogP contribution is -2.24. The van der Waals surface area contributed by atoms with Gasteiger partial charge < -0.3 is 20.1 Å². The van der Waals surface area contributed by atoms with Crippen molar-refractivity contribution in [3.8, 4) is 11.5 Å². The van der Waals surface area contributed by atoms with Crippen LogP contribution < -0.4 is 20.1 Å². The zero-order chi connectivity index (χ0) is 19.9. The van der Waals surface area contributed by atoms with E-state index in [2.05, 4.69) is 20.6 Å². The van der Waals surface area contributed by atoms with Crippen LogP contribution in [0.1, 0.15) is 21.7 Å². The molecule has 0 fully saturated rings. The second-order valence-corrected chi connectivity index (χ2v) is 6.07. The van der Waals surface area contributed by atoms with Gasteiger partial charge >= 0.3 is 0 Å². The molecule has 7 heteroatoms. The van der Waals surface area contributed by atoms with E-state index in [9.17, 15) is 4.79 Å². The molecule has 3 rings (SSSR count). The number of amides is 1. The van der Waals surface area contributed by atoms with E-state index in [1.807, 2.05) is 55.5 Å². The Bertz CT molecular complexity index is 958. The topological polar surface area (TPSA) is 85.4 Å². The van der Waals surface area contributed by atoms with Crippen LogP contribution in [-0.2, 0) is 6.54 Å². The number of nitrogens with zero attached hydrogens (tertiary/aromatic N) is 2. The van der Waals surface area contributed by atoms with Crippen LogP contribution in [0.4, 0.5) is 11.6 Å². The van der Waals surface area contributed by atoms with Crippen molar-refractivity contribution in [2.75, 3.05) is 19.5 Å². The number of para-hydroxylation sites is 2. The van der Waals surface area contributed by atoms with Gasteiger partial charge in [-0.3, -0.25) is 4.79 Å². The van der Waals surface area contributed by atoms with Gasteiger partial charge in [-0.15, -0.1) is 0 Å². The van der Waals surface area contributed by atoms with Gasteiger partial charge in [-0.2, -0.15) is 0 Å². The maximum Gasteiger partial charge on any atom is 0.270 e. The summed E-state index contributed by atoms with van der Waals surface area (Å²) >= 11 is 0. The van der Waals surface area contributed by atoms with E-state index in [4.69, 9.17) is 9.47 Å². The Kier molecular flexibility index (Phi) is 6.06. The zero-order valence-electron chi connectivity index (χ0n) is 16.0. The number of carbonyl (C=O) groups excluding carboxylic acids is 1. The monoisotopic (exact) mass is 378 g/mol. The molecule has 0 saturated heterocycles. The van der Waals surface area contributed by atoms with Crippen molar-refractivity contribution in [2.45, 2.75) is 13.5 Å². The summed E-state index contributed by atoms with van der Waals surface area (Å²) in [5.41, 5.74) is 2.66. The van der Waals surface area contributed by atoms with Gasteiger partial charge in [-0.25, -0.2) is 9.97 Å². The molecule has 144 valence electrons. The van der Waals surface area contributed by atoms with Crippen LogP contribution in [0.3, 0.4) is 0 Å². The lowest BCUT2D eigenvalue weighted by molar-refractivity contribution is 0.0945. The lowest BCUT2D eigenvalue weighted by atomic mass is 10.2. The number of hydrogen-bond donors (Lipinski definition) is 2. The molecule has 0 bridgehead atoms. The van der Waals surface area contributed by atoms with Gasteiger partial charge in [0.1, 0.15) is 17.2 Å². The number of carbonyl (C=O) groups is 1. The highest BCUT2D eigenvalue weighted by Gasteiger charge is 2.12. The SMILES string of the molecule is COc1ccc(CNC(=O)c2cc(C)nc(Nc3ccccc3OC)n2)cc1. The summed E-state index contributed by atoms with van der Waals surface area (Å²) < 4.78 is 10.5. The molecule has 1 amide bonds. The minimum Gasteiger partial charge on any atom is -0.497 e. The Morgan fingerprint density at radius 3 is 2.46 bits per heavy atom. The molecule has 0 unspecified atom stereocenters. The molecule has 1 heterocycles. The average molecular weight is 378 g/mol. The smallest absolute Gasteiger partial charge is 0.270 e. The molecule has 1 aromatic heterocycles. The van der Waals surface area contributed by atoms with E-state index in [0.29, 0.717) is 29.6 Å². The predicted molar refractivity (Wildman–Crippen MR) is 107 cm³/mol. The van der Waals surface area contributed by atoms with Crippen LogP contribution in [0.2, 0.25) is 0 Å². The van der Waals surface area contributed by atoms with E-state index < -0.39 is 0 Å². The molecule has 0 aliphatic rings. The van der Waals surface area contributed by atoms with E-state index >= 15 is 0 Å². The van der Waals surface area contributed by atoms with Crippen LogP contribution in [0.25, 0.3) is 0 Å². The quantitative estimate of drug-likeness (QED) is 0.655. The van der Waals surface area contributed by atoms with Crippen LogP contribution in [0, 0.1) is 6.92 Å². The fourth-order valence-electron chi connectivity index (χ4n) is 2.63. The molecule has 0 saturated carbocycles. The first-order valence-corrected chi connectivity index (χ1v) is 8.76. The summed E-state index contributed by atoms with van der Waals surface area (Å²) in [7, 11) is 3.21. The van der Waals surface area contributed by atoms with Crippen molar-refractivity contribution < 1.29 is 14.3 Å². The summed E-state index contributed by atoms with van der Waals surface area (Å²) in [5, 5.41) is 5.98. The van der Waals surface area contributed by atoms with Gasteiger partial charge in [-0.1, -0.05) is 24.3 Å². The van der Waals surface area contributed by atoms with Gasteiger partial charge in [0.2, 0.25) is 5.95 Å². The number of anilines is 2. The van der Waals surface area contributed by atoms with Crippen LogP contribution in [0.5, 0.6) is 11.5 Å². The minimum atomic E-state index is -0.274. The van der Waals surface area contributed by atoms with E-state index in [-0.39, 0.29) is 5.91 Å². The first kappa shape index (κ1) is 19.2. The standard InChI is InChI=1S/C21H22N4O3/c1-14-12-18(20(26)22-13-15-8-10-16(27-2)11-9-15)25-21(23-14)24-17-6-4-5-7-19(17)28-3/h4-12H,13H2,1-3H3,(H,22,26)(H,23,24,25). The molecule has 28 heavy (non-hydrogen) atoms. The van der Waals surface area contributed by atoms with Crippen molar-refractivity contribution in [2.24, 2.45) is 0 Å². The highest BCUT2D eigenvalue weighted by molar-refractivity contribution is 5.92. The number of nitrogens with one attached hydrogen (secondary N) is 2. The predicted octanol–water partition coefficient (Wildman–Crippen LogP) is 3.48. The molecule has 0 aliphatic carbocycles. The Hall–Kier alpha value is -3.61. The summed E-state index contributed by atoms with van der Waals surface area (Å²) in [6.07, 6.45) is 0. The molecule has 0 atom stereocenters. The Morgan fingerprint density at radius 2 is 1.75 bits per heavy atom. The molecule has 2 N–H and O–H groups in total. The number of methoxy groups -OCH3 is 2. The molecule has 3 aromatic rings. The third-order valence-corrected chi connectivity index (χ3v) is 4.05. The summed E-state index contributed by atoms with van der Waals surface area (Å²) in [6.45, 7) is 2.20. The highest BCUT2D eigenvalue weighted by Crippen LogP contribution is 2.25. The largest absolute Gasteiger partial charge is 0.497 e. The molecule has 0 spiro atoms. The normalized spacial score (nSPS) is 10.2. The van der Waals surface area contributed by atoms with E-state index in [1.165, 1.54) is 0 Å². The van der Waals surface area contributed by atoms with Gasteiger partial charge in [0.25, 0.3) is 5.91 Å². The number of hydrogen-bond acceptors (Lipinski definition) is 6. The van der Waals surface area contributed by atoms with Gasteiger partial charge in [0.05, 0.1) is 19.9 Å². The van der Waals surface area contributed by atoms with Gasteiger partial charge in [0.15, 0.2) is 0 Å². The molecular weight excluding hydrogens is 356 g/mol. The van der Waals surface area contributed by atoms with Crippen LogP contribution in [0.15, 0.2) is 54.6 Å². The molecule has 2 aromatic carbocycles. The average Bonchev–Trinajstić information content (AvgIpc) is 2.72. The molecular formula is C21H22N4O3. The second kappa shape index (κ2) is 8.85. The van der Waals surface area contributed by atoms with Gasteiger partial charge in [-0.05, 0) is 42.8 Å². The molecule has 0 aliphatic heterocycles. The third-order valence-electron chi connectivity index (χ3n) is 4.05. The highest BCUT2D eigenvalue weighted by atomic mass is 16.5. The number of aryl methyl sites for hydroxylation is 1. The maximum absolute atomic E-state index is 12.5. The lowest BCUT2D eigenvalue weighted by Gasteiger charge is -2.11. The Balaban J connectivity index is 1.71. The fraction of sp³-hybridized carbons (Fsp3) is 0.190. The van der Waals surface area contributed by atoms with Crippen molar-refractivity contribution in [1.29, 1.82) is 0 Å². The second-order valence-electron chi connectivity index (χ2n) is 6.07. The van der Waals surface area contributed by atoms with E-state index in [0.717, 1.165) is 17.0 Å². The number of rotatable bonds is 7. The van der Waals surface area contributed by atoms with Crippen LogP contribution >= 0.6 is 0 Å². The summed E-state index contributed by atoms with van der Waals surface area (Å²) in [4.78, 5) is 21.2. The van der Waals surface area contributed by atoms with Crippen LogP contribution in [-0.4, -0.2) is 30.1 Å². The maximum atomic E-state index is 12.5. The number of ether oxygens (including phenoxy) is 2. The van der Waals surface area contributed by atoms with Crippen molar-refractivity contribution in [1.82, 2.24) is 15.3 Å². The molecule has 0 radical (unpaired) electrons. The zero-order valence-corrected chi connectivity index (χ0v) is 16.0. The Morgan fingerprint density at radius 1 is 1.00 bits per heavy atom. The van der Waals surface area contributed by atoms with Gasteiger partial charge in [0, 0.05) is 12.2 Å². The van der Waals surface area contributed by atoms with E-state index in [1.54, 1.807) is 20.3 Å². The van der Waals surface area contributed by atoms with Crippen molar-refractivity contribution in [3.63, 3.8) is 0 Å². The molecule has 7 nitrogen and oxygen atoms in total. The number of benzene rings is 2. The number of aromatic nitrogens is 2. The third kappa shape index (κ3) is 4.76. The summed E-state index contributed by atoms with van der Waals surface area (Å²) in [5.74, 6) is 1.50. The minimum absolute atomic E-state index is 0.274. The van der Waals surface area contributed by atoms with Crippen molar-refractivity contribution in [3.05, 3.63) is 71.5 Å². The Labute approximate surface area is 163 Å².